The van der Waals surface area contributed by atoms with Gasteiger partial charge in [0.25, 0.3) is 0 Å². The number of nitrogens with zero attached hydrogens (tertiary/aromatic N) is 3. The summed E-state index contributed by atoms with van der Waals surface area (Å²) in [6, 6.07) is 3.97. The molecule has 1 aromatic heterocycles. The Hall–Kier alpha value is -1.17. The number of aromatic nitrogens is 1. The van der Waals surface area contributed by atoms with Crippen molar-refractivity contribution < 1.29 is 10.2 Å². The molecule has 2 rings (SSSR count). The van der Waals surface area contributed by atoms with Gasteiger partial charge in [0.05, 0.1) is 13.2 Å². The van der Waals surface area contributed by atoms with Crippen molar-refractivity contribution in [3.05, 3.63) is 23.4 Å². The van der Waals surface area contributed by atoms with Crippen molar-refractivity contribution in [3.8, 4) is 0 Å². The molecule has 0 aliphatic carbocycles. The summed E-state index contributed by atoms with van der Waals surface area (Å²) in [4.78, 5) is 9.32. The van der Waals surface area contributed by atoms with E-state index in [9.17, 15) is 5.11 Å². The first kappa shape index (κ1) is 16.2. The van der Waals surface area contributed by atoms with E-state index in [1.165, 1.54) is 0 Å². The fourth-order valence-electron chi connectivity index (χ4n) is 2.55. The van der Waals surface area contributed by atoms with Gasteiger partial charge >= 0.3 is 0 Å². The number of piperazine rings is 1. The highest BCUT2D eigenvalue weighted by atomic mass is 16.3. The minimum Gasteiger partial charge on any atom is -0.395 e. The molecule has 21 heavy (non-hydrogen) atoms. The lowest BCUT2D eigenvalue weighted by molar-refractivity contribution is 0.188. The van der Waals surface area contributed by atoms with Crippen LogP contribution in [0.15, 0.2) is 12.1 Å². The van der Waals surface area contributed by atoms with Crippen LogP contribution in [-0.4, -0.2) is 59.4 Å². The zero-order chi connectivity index (χ0) is 15.5. The Labute approximate surface area is 127 Å². The Morgan fingerprint density at radius 1 is 1.10 bits per heavy atom. The van der Waals surface area contributed by atoms with E-state index < -0.39 is 0 Å². The minimum absolute atomic E-state index is 0.0291. The van der Waals surface area contributed by atoms with Crippen molar-refractivity contribution in [1.82, 2.24) is 9.88 Å². The largest absolute Gasteiger partial charge is 0.395 e. The lowest BCUT2D eigenvalue weighted by atomic mass is 9.91. The topological polar surface area (TPSA) is 59.8 Å². The molecular formula is C16H27N3O2. The molecule has 0 saturated carbocycles. The van der Waals surface area contributed by atoms with Crippen LogP contribution in [-0.2, 0) is 12.0 Å². The van der Waals surface area contributed by atoms with E-state index >= 15 is 0 Å². The molecule has 0 unspecified atom stereocenters. The van der Waals surface area contributed by atoms with E-state index in [4.69, 9.17) is 10.1 Å². The summed E-state index contributed by atoms with van der Waals surface area (Å²) in [5, 5.41) is 18.5. The molecule has 0 atom stereocenters. The maximum Gasteiger partial charge on any atom is 0.129 e. The third kappa shape index (κ3) is 4.15. The molecule has 1 saturated heterocycles. The van der Waals surface area contributed by atoms with Gasteiger partial charge in [0.15, 0.2) is 0 Å². The van der Waals surface area contributed by atoms with E-state index in [0.717, 1.165) is 49.8 Å². The van der Waals surface area contributed by atoms with Crippen LogP contribution in [0.5, 0.6) is 0 Å². The molecule has 5 heteroatoms. The van der Waals surface area contributed by atoms with Crippen LogP contribution in [0.3, 0.4) is 0 Å². The highest BCUT2D eigenvalue weighted by Crippen LogP contribution is 2.25. The summed E-state index contributed by atoms with van der Waals surface area (Å²) in [6.07, 6.45) is 0. The first-order valence-corrected chi connectivity index (χ1v) is 7.64. The standard InChI is InChI=1S/C16H27N3O2/c1-16(2,3)14-10-13(12-21)11-15(17-14)19-6-4-18(5-7-19)8-9-20/h10-11,20-21H,4-9,12H2,1-3H3. The maximum absolute atomic E-state index is 9.48. The van der Waals surface area contributed by atoms with E-state index in [2.05, 4.69) is 30.6 Å². The lowest BCUT2D eigenvalue weighted by Crippen LogP contribution is -2.47. The molecule has 1 aliphatic rings. The zero-order valence-corrected chi connectivity index (χ0v) is 13.3. The fraction of sp³-hybridized carbons (Fsp3) is 0.688. The summed E-state index contributed by atoms with van der Waals surface area (Å²) in [5.41, 5.74) is 1.91. The van der Waals surface area contributed by atoms with Crippen LogP contribution in [0, 0.1) is 0 Å². The average molecular weight is 293 g/mol. The van der Waals surface area contributed by atoms with E-state index in [1.54, 1.807) is 0 Å². The smallest absolute Gasteiger partial charge is 0.129 e. The minimum atomic E-state index is -0.0291. The van der Waals surface area contributed by atoms with E-state index in [1.807, 2.05) is 12.1 Å². The van der Waals surface area contributed by atoms with Gasteiger partial charge in [0.2, 0.25) is 0 Å². The number of aliphatic hydroxyl groups excluding tert-OH is 2. The predicted molar refractivity (Wildman–Crippen MR) is 84.6 cm³/mol. The van der Waals surface area contributed by atoms with Crippen LogP contribution >= 0.6 is 0 Å². The molecule has 1 aliphatic heterocycles. The Morgan fingerprint density at radius 2 is 1.76 bits per heavy atom. The summed E-state index contributed by atoms with van der Waals surface area (Å²) in [5.74, 6) is 0.954. The van der Waals surface area contributed by atoms with Gasteiger partial charge in [-0.25, -0.2) is 4.98 Å². The molecule has 0 bridgehead atoms. The molecular weight excluding hydrogens is 266 g/mol. The number of hydrogen-bond acceptors (Lipinski definition) is 5. The first-order valence-electron chi connectivity index (χ1n) is 7.64. The van der Waals surface area contributed by atoms with Crippen LogP contribution in [0.1, 0.15) is 32.0 Å². The zero-order valence-electron chi connectivity index (χ0n) is 13.3. The second-order valence-corrected chi connectivity index (χ2v) is 6.68. The molecule has 2 heterocycles. The molecule has 0 radical (unpaired) electrons. The maximum atomic E-state index is 9.48. The Kier molecular flexibility index (Phi) is 5.19. The quantitative estimate of drug-likeness (QED) is 0.867. The molecule has 118 valence electrons. The predicted octanol–water partition coefficient (Wildman–Crippen LogP) is 0.986. The van der Waals surface area contributed by atoms with E-state index in [-0.39, 0.29) is 18.6 Å². The first-order chi connectivity index (χ1) is 9.94. The summed E-state index contributed by atoms with van der Waals surface area (Å²) in [6.45, 7) is 11.1. The number of hydrogen-bond donors (Lipinski definition) is 2. The number of rotatable bonds is 4. The van der Waals surface area contributed by atoms with Crippen LogP contribution in [0.25, 0.3) is 0 Å². The van der Waals surface area contributed by atoms with Crippen LogP contribution in [0.2, 0.25) is 0 Å². The number of β-amino-alcohol motifs (C(OH)–C–C–N with tert-alkyl or cyclic N) is 1. The normalized spacial score (nSPS) is 17.3. The van der Waals surface area contributed by atoms with Crippen molar-refractivity contribution >= 4 is 5.82 Å². The summed E-state index contributed by atoms with van der Waals surface area (Å²) >= 11 is 0. The van der Waals surface area contributed by atoms with Gasteiger partial charge in [-0.3, -0.25) is 4.90 Å². The fourth-order valence-corrected chi connectivity index (χ4v) is 2.55. The molecule has 1 fully saturated rings. The summed E-state index contributed by atoms with van der Waals surface area (Å²) in [7, 11) is 0. The van der Waals surface area contributed by atoms with Crippen molar-refractivity contribution in [3.63, 3.8) is 0 Å². The molecule has 0 aromatic carbocycles. The number of anilines is 1. The van der Waals surface area contributed by atoms with E-state index in [0.29, 0.717) is 0 Å². The van der Waals surface area contributed by atoms with Crippen molar-refractivity contribution in [2.75, 3.05) is 44.2 Å². The second kappa shape index (κ2) is 6.73. The highest BCUT2D eigenvalue weighted by molar-refractivity contribution is 5.44. The number of aliphatic hydroxyl groups is 2. The Morgan fingerprint density at radius 3 is 2.29 bits per heavy atom. The van der Waals surface area contributed by atoms with Gasteiger partial charge in [0.1, 0.15) is 5.82 Å². The van der Waals surface area contributed by atoms with Gasteiger partial charge in [-0.2, -0.15) is 0 Å². The second-order valence-electron chi connectivity index (χ2n) is 6.68. The van der Waals surface area contributed by atoms with Gasteiger partial charge in [-0.1, -0.05) is 20.8 Å². The summed E-state index contributed by atoms with van der Waals surface area (Å²) < 4.78 is 0. The Bertz CT molecular complexity index is 463. The molecule has 5 nitrogen and oxygen atoms in total. The van der Waals surface area contributed by atoms with Gasteiger partial charge in [-0.05, 0) is 17.7 Å². The third-order valence-corrected chi connectivity index (χ3v) is 3.94. The number of pyridine rings is 1. The lowest BCUT2D eigenvalue weighted by Gasteiger charge is -2.35. The van der Waals surface area contributed by atoms with Gasteiger partial charge in [-0.15, -0.1) is 0 Å². The third-order valence-electron chi connectivity index (χ3n) is 3.94. The monoisotopic (exact) mass is 293 g/mol. The van der Waals surface area contributed by atoms with Crippen LogP contribution < -0.4 is 4.90 Å². The van der Waals surface area contributed by atoms with Gasteiger partial charge in [0, 0.05) is 43.8 Å². The molecule has 0 spiro atoms. The Balaban J connectivity index is 2.16. The van der Waals surface area contributed by atoms with Gasteiger partial charge < -0.3 is 15.1 Å². The van der Waals surface area contributed by atoms with Crippen LogP contribution in [0.4, 0.5) is 5.82 Å². The van der Waals surface area contributed by atoms with Crippen molar-refractivity contribution in [2.24, 2.45) is 0 Å². The highest BCUT2D eigenvalue weighted by Gasteiger charge is 2.21. The average Bonchev–Trinajstić information content (AvgIpc) is 2.47. The molecule has 1 aromatic rings. The molecule has 0 amide bonds. The SMILES string of the molecule is CC(C)(C)c1cc(CO)cc(N2CCN(CCO)CC2)n1. The van der Waals surface area contributed by atoms with Crippen molar-refractivity contribution in [1.29, 1.82) is 0 Å². The molecule has 2 N–H and O–H groups in total. The van der Waals surface area contributed by atoms with Crippen molar-refractivity contribution in [2.45, 2.75) is 32.8 Å².